The van der Waals surface area contributed by atoms with E-state index in [-0.39, 0.29) is 5.91 Å². The molecule has 8 nitrogen and oxygen atoms in total. The monoisotopic (exact) mass is 418 g/mol. The van der Waals surface area contributed by atoms with Gasteiger partial charge in [-0.2, -0.15) is 5.10 Å². The number of carbonyl (C=O) groups excluding carboxylic acids is 1. The Labute approximate surface area is 181 Å². The van der Waals surface area contributed by atoms with Gasteiger partial charge >= 0.3 is 0 Å². The van der Waals surface area contributed by atoms with Gasteiger partial charge in [-0.15, -0.1) is 0 Å². The number of aromatic nitrogens is 3. The Morgan fingerprint density at radius 2 is 2.06 bits per heavy atom. The largest absolute Gasteiger partial charge is 0.491 e. The molecule has 8 heteroatoms. The Bertz CT molecular complexity index is 1180. The van der Waals surface area contributed by atoms with E-state index in [9.17, 15) is 4.79 Å². The maximum Gasteiger partial charge on any atom is 0.258 e. The number of benzene rings is 1. The molecule has 2 N–H and O–H groups in total. The summed E-state index contributed by atoms with van der Waals surface area (Å²) in [6.45, 7) is 8.02. The number of nitrogens with one attached hydrogen (secondary N) is 2. The molecule has 0 spiro atoms. The number of allylic oxidation sites excluding steroid dienone is 1. The topological polar surface area (TPSA) is 95.6 Å². The predicted molar refractivity (Wildman–Crippen MR) is 119 cm³/mol. The van der Waals surface area contributed by atoms with Gasteiger partial charge < -0.3 is 20.4 Å². The second kappa shape index (κ2) is 8.59. The summed E-state index contributed by atoms with van der Waals surface area (Å²) < 4.78 is 7.73. The zero-order valence-corrected chi connectivity index (χ0v) is 18.0. The van der Waals surface area contributed by atoms with Gasteiger partial charge in [0.25, 0.3) is 5.91 Å². The van der Waals surface area contributed by atoms with Crippen LogP contribution in [0.1, 0.15) is 38.6 Å². The molecular weight excluding hydrogens is 392 g/mol. The Balaban J connectivity index is 1.50. The first-order valence-electron chi connectivity index (χ1n) is 10.3. The van der Waals surface area contributed by atoms with Gasteiger partial charge in [-0.3, -0.25) is 4.79 Å². The zero-order valence-electron chi connectivity index (χ0n) is 18.0. The maximum atomic E-state index is 13.3. The Hall–Kier alpha value is -3.68. The molecule has 0 unspecified atom stereocenters. The van der Waals surface area contributed by atoms with Gasteiger partial charge in [0.2, 0.25) is 0 Å². The van der Waals surface area contributed by atoms with Crippen LogP contribution in [0.5, 0.6) is 5.75 Å². The summed E-state index contributed by atoms with van der Waals surface area (Å²) in [5, 5.41) is 14.7. The highest BCUT2D eigenvalue weighted by Gasteiger charge is 2.31. The van der Waals surface area contributed by atoms with Crippen molar-refractivity contribution in [3.05, 3.63) is 70.3 Å². The van der Waals surface area contributed by atoms with E-state index >= 15 is 0 Å². The number of carbonyl (C=O) groups is 1. The molecule has 0 bridgehead atoms. The van der Waals surface area contributed by atoms with Crippen molar-refractivity contribution in [2.24, 2.45) is 0 Å². The lowest BCUT2D eigenvalue weighted by atomic mass is 10.1. The van der Waals surface area contributed by atoms with Crippen LogP contribution in [0.3, 0.4) is 0 Å². The van der Waals surface area contributed by atoms with Crippen LogP contribution in [0.2, 0.25) is 0 Å². The van der Waals surface area contributed by atoms with E-state index in [2.05, 4.69) is 12.2 Å². The Kier molecular flexibility index (Phi) is 5.70. The molecule has 1 amide bonds. The summed E-state index contributed by atoms with van der Waals surface area (Å²) in [5.41, 5.74) is 6.48. The third-order valence-corrected chi connectivity index (χ3v) is 5.62. The molecule has 0 atom stereocenters. The molecule has 0 radical (unpaired) electrons. The number of rotatable bonds is 7. The number of hydrogen-bond donors (Lipinski definition) is 2. The van der Waals surface area contributed by atoms with Crippen molar-refractivity contribution >= 4 is 17.8 Å². The number of para-hydroxylation sites is 1. The summed E-state index contributed by atoms with van der Waals surface area (Å²) in [6, 6.07) is 7.30. The Morgan fingerprint density at radius 1 is 1.26 bits per heavy atom. The number of fused-ring (bicyclic) bond motifs is 3. The standard InChI is InChI=1S/C23H26N6O2/c1-15-16(2)26-22-19-13-28(14-20(19)27-29(22)17(15)3)23(30)18-7-4-5-8-21(18)31-12-11-25-10-6-9-24/h4-10,24-25H,11-14H2,1-3H3/b10-6-,24-9?. The van der Waals surface area contributed by atoms with Crippen molar-refractivity contribution in [1.82, 2.24) is 24.8 Å². The number of hydrogen-bond acceptors (Lipinski definition) is 6. The lowest BCUT2D eigenvalue weighted by Crippen LogP contribution is -2.27. The summed E-state index contributed by atoms with van der Waals surface area (Å²) in [5.74, 6) is 0.480. The van der Waals surface area contributed by atoms with Gasteiger partial charge in [0, 0.05) is 29.7 Å². The lowest BCUT2D eigenvalue weighted by Gasteiger charge is -2.18. The summed E-state index contributed by atoms with van der Waals surface area (Å²) in [7, 11) is 0. The van der Waals surface area contributed by atoms with Crippen molar-refractivity contribution in [3.63, 3.8) is 0 Å². The number of amides is 1. The van der Waals surface area contributed by atoms with Crippen LogP contribution in [0.25, 0.3) is 5.65 Å². The van der Waals surface area contributed by atoms with Crippen LogP contribution < -0.4 is 10.1 Å². The summed E-state index contributed by atoms with van der Waals surface area (Å²) in [6.07, 6.45) is 4.48. The van der Waals surface area contributed by atoms with Crippen molar-refractivity contribution in [1.29, 1.82) is 5.41 Å². The predicted octanol–water partition coefficient (Wildman–Crippen LogP) is 2.94. The molecule has 0 saturated heterocycles. The normalized spacial score (nSPS) is 13.1. The first kappa shape index (κ1) is 20.6. The molecule has 3 heterocycles. The number of aryl methyl sites for hydroxylation is 2. The van der Waals surface area contributed by atoms with Crippen molar-refractivity contribution < 1.29 is 9.53 Å². The second-order valence-corrected chi connectivity index (χ2v) is 7.55. The highest BCUT2D eigenvalue weighted by Crippen LogP contribution is 2.30. The fourth-order valence-electron chi connectivity index (χ4n) is 3.72. The van der Waals surface area contributed by atoms with Crippen molar-refractivity contribution in [2.75, 3.05) is 13.2 Å². The zero-order chi connectivity index (χ0) is 22.0. The molecule has 4 rings (SSSR count). The average molecular weight is 419 g/mol. The lowest BCUT2D eigenvalue weighted by molar-refractivity contribution is 0.0745. The van der Waals surface area contributed by atoms with E-state index in [0.717, 1.165) is 33.9 Å². The number of nitrogens with zero attached hydrogens (tertiary/aromatic N) is 4. The van der Waals surface area contributed by atoms with Crippen molar-refractivity contribution in [3.8, 4) is 5.75 Å². The summed E-state index contributed by atoms with van der Waals surface area (Å²) in [4.78, 5) is 19.8. The van der Waals surface area contributed by atoms with E-state index in [1.807, 2.05) is 36.6 Å². The van der Waals surface area contributed by atoms with Crippen LogP contribution in [0.4, 0.5) is 0 Å². The molecule has 0 fully saturated rings. The molecule has 1 aliphatic heterocycles. The minimum atomic E-state index is -0.0797. The van der Waals surface area contributed by atoms with Gasteiger partial charge in [0.05, 0.1) is 24.3 Å². The smallest absolute Gasteiger partial charge is 0.258 e. The van der Waals surface area contributed by atoms with Gasteiger partial charge in [0.15, 0.2) is 5.65 Å². The third kappa shape index (κ3) is 3.88. The molecule has 0 aliphatic carbocycles. The van der Waals surface area contributed by atoms with Crippen LogP contribution >= 0.6 is 0 Å². The highest BCUT2D eigenvalue weighted by molar-refractivity contribution is 5.97. The summed E-state index contributed by atoms with van der Waals surface area (Å²) >= 11 is 0. The molecule has 3 aromatic rings. The molecule has 1 aliphatic rings. The SMILES string of the molecule is Cc1nc2c3c(nn2c(C)c1C)CN(C(=O)c1ccccc1OCCN/C=C\C=N)C3. The second-order valence-electron chi connectivity index (χ2n) is 7.55. The van der Waals surface area contributed by atoms with E-state index in [1.54, 1.807) is 23.2 Å². The molecular formula is C23H26N6O2. The molecule has 1 aromatic carbocycles. The van der Waals surface area contributed by atoms with Crippen molar-refractivity contribution in [2.45, 2.75) is 33.9 Å². The molecule has 31 heavy (non-hydrogen) atoms. The van der Waals surface area contributed by atoms with Crippen LogP contribution in [-0.2, 0) is 13.1 Å². The van der Waals surface area contributed by atoms with Crippen LogP contribution in [0.15, 0.2) is 36.5 Å². The maximum absolute atomic E-state index is 13.3. The molecule has 2 aromatic heterocycles. The van der Waals surface area contributed by atoms with Crippen LogP contribution in [0, 0.1) is 26.2 Å². The fraction of sp³-hybridized carbons (Fsp3) is 0.304. The van der Waals surface area contributed by atoms with Gasteiger partial charge in [0.1, 0.15) is 12.4 Å². The molecule has 160 valence electrons. The minimum Gasteiger partial charge on any atom is -0.491 e. The van der Waals surface area contributed by atoms with Gasteiger partial charge in [-0.25, -0.2) is 9.50 Å². The quantitative estimate of drug-likeness (QED) is 0.454. The minimum absolute atomic E-state index is 0.0797. The molecule has 0 saturated carbocycles. The third-order valence-electron chi connectivity index (χ3n) is 5.62. The van der Waals surface area contributed by atoms with E-state index in [0.29, 0.717) is 37.6 Å². The van der Waals surface area contributed by atoms with E-state index in [1.165, 1.54) is 6.21 Å². The average Bonchev–Trinajstić information content (AvgIpc) is 3.33. The van der Waals surface area contributed by atoms with Crippen LogP contribution in [-0.4, -0.2) is 44.8 Å². The fourth-order valence-corrected chi connectivity index (χ4v) is 3.72. The van der Waals surface area contributed by atoms with E-state index in [4.69, 9.17) is 20.2 Å². The van der Waals surface area contributed by atoms with Gasteiger partial charge in [-0.05, 0) is 50.7 Å². The Morgan fingerprint density at radius 3 is 2.87 bits per heavy atom. The highest BCUT2D eigenvalue weighted by atomic mass is 16.5. The van der Waals surface area contributed by atoms with E-state index < -0.39 is 0 Å². The van der Waals surface area contributed by atoms with Gasteiger partial charge in [-0.1, -0.05) is 12.1 Å². The first-order valence-corrected chi connectivity index (χ1v) is 10.3. The first-order chi connectivity index (χ1) is 15.0. The number of ether oxygens (including phenoxy) is 1.